The fourth-order valence-corrected chi connectivity index (χ4v) is 3.33. The molecule has 1 aromatic rings. The van der Waals surface area contributed by atoms with Crippen molar-refractivity contribution in [2.75, 3.05) is 6.61 Å². The Hall–Kier alpha value is -0.730. The molecular weight excluding hydrogens is 248 g/mol. The van der Waals surface area contributed by atoms with Gasteiger partial charge in [0.2, 0.25) is 0 Å². The number of halogens is 1. The molecule has 1 aliphatic heterocycles. The highest BCUT2D eigenvalue weighted by atomic mass is 35.5. The minimum absolute atomic E-state index is 0.189. The summed E-state index contributed by atoms with van der Waals surface area (Å²) in [5.41, 5.74) is 0.189. The fourth-order valence-electron chi connectivity index (χ4n) is 3.14. The minimum atomic E-state index is 0.189. The standard InChI is InChI=1S/C15H19ClO2/c16-13-5-1-2-6-14(13)17-11-12-7-10-15(18-12)8-3-4-9-15/h1-2,5-6,12H,3-4,7-11H2. The summed E-state index contributed by atoms with van der Waals surface area (Å²) >= 11 is 6.06. The maximum absolute atomic E-state index is 6.20. The molecule has 0 radical (unpaired) electrons. The molecule has 98 valence electrons. The smallest absolute Gasteiger partial charge is 0.138 e. The van der Waals surface area contributed by atoms with Gasteiger partial charge in [0.1, 0.15) is 12.4 Å². The van der Waals surface area contributed by atoms with Crippen LogP contribution in [0.15, 0.2) is 24.3 Å². The van der Waals surface area contributed by atoms with E-state index in [0.29, 0.717) is 11.6 Å². The zero-order chi connectivity index (χ0) is 12.4. The van der Waals surface area contributed by atoms with Crippen molar-refractivity contribution in [3.63, 3.8) is 0 Å². The van der Waals surface area contributed by atoms with Crippen molar-refractivity contribution in [1.82, 2.24) is 0 Å². The zero-order valence-electron chi connectivity index (χ0n) is 10.5. The quantitative estimate of drug-likeness (QED) is 0.816. The van der Waals surface area contributed by atoms with Crippen molar-refractivity contribution in [3.05, 3.63) is 29.3 Å². The van der Waals surface area contributed by atoms with E-state index >= 15 is 0 Å². The Morgan fingerprint density at radius 2 is 2.00 bits per heavy atom. The average Bonchev–Trinajstić information content (AvgIpc) is 3.00. The van der Waals surface area contributed by atoms with E-state index in [2.05, 4.69) is 0 Å². The van der Waals surface area contributed by atoms with Gasteiger partial charge in [0.25, 0.3) is 0 Å². The van der Waals surface area contributed by atoms with Crippen LogP contribution in [0, 0.1) is 0 Å². The molecule has 1 atom stereocenters. The maximum Gasteiger partial charge on any atom is 0.138 e. The van der Waals surface area contributed by atoms with Crippen LogP contribution in [0.5, 0.6) is 5.75 Å². The van der Waals surface area contributed by atoms with Crippen LogP contribution in [0.1, 0.15) is 38.5 Å². The van der Waals surface area contributed by atoms with Gasteiger partial charge >= 0.3 is 0 Å². The number of hydrogen-bond donors (Lipinski definition) is 0. The largest absolute Gasteiger partial charge is 0.489 e. The molecule has 2 nitrogen and oxygen atoms in total. The molecule has 2 fully saturated rings. The Labute approximate surface area is 113 Å². The van der Waals surface area contributed by atoms with Crippen LogP contribution < -0.4 is 4.74 Å². The molecule has 1 aromatic carbocycles. The second-order valence-electron chi connectivity index (χ2n) is 5.41. The molecule has 0 amide bonds. The predicted molar refractivity (Wildman–Crippen MR) is 72.3 cm³/mol. The lowest BCUT2D eigenvalue weighted by molar-refractivity contribution is -0.0508. The molecule has 3 heteroatoms. The highest BCUT2D eigenvalue weighted by Crippen LogP contribution is 2.43. The molecule has 1 aliphatic carbocycles. The second kappa shape index (κ2) is 5.10. The van der Waals surface area contributed by atoms with E-state index < -0.39 is 0 Å². The van der Waals surface area contributed by atoms with Gasteiger partial charge in [-0.1, -0.05) is 36.6 Å². The van der Waals surface area contributed by atoms with Crippen LogP contribution in [-0.2, 0) is 4.74 Å². The second-order valence-corrected chi connectivity index (χ2v) is 5.82. The number of para-hydroxylation sites is 1. The van der Waals surface area contributed by atoms with E-state index in [9.17, 15) is 0 Å². The molecule has 0 aromatic heterocycles. The third-order valence-corrected chi connectivity index (χ3v) is 4.43. The summed E-state index contributed by atoms with van der Waals surface area (Å²) in [6.45, 7) is 0.617. The Morgan fingerprint density at radius 3 is 2.78 bits per heavy atom. The third kappa shape index (κ3) is 2.50. The van der Waals surface area contributed by atoms with E-state index in [1.54, 1.807) is 0 Å². The van der Waals surface area contributed by atoms with Crippen molar-refractivity contribution in [3.8, 4) is 5.75 Å². The third-order valence-electron chi connectivity index (χ3n) is 4.11. The van der Waals surface area contributed by atoms with Crippen LogP contribution in [-0.4, -0.2) is 18.3 Å². The molecule has 0 N–H and O–H groups in total. The van der Waals surface area contributed by atoms with Gasteiger partial charge in [-0.05, 0) is 37.8 Å². The first-order chi connectivity index (χ1) is 8.77. The van der Waals surface area contributed by atoms with Gasteiger partial charge in [-0.25, -0.2) is 0 Å². The monoisotopic (exact) mass is 266 g/mol. The number of rotatable bonds is 3. The molecular formula is C15H19ClO2. The summed E-state index contributed by atoms with van der Waals surface area (Å²) in [6.07, 6.45) is 7.65. The first-order valence-corrected chi connectivity index (χ1v) is 7.20. The van der Waals surface area contributed by atoms with Gasteiger partial charge in [-0.2, -0.15) is 0 Å². The molecule has 1 saturated heterocycles. The van der Waals surface area contributed by atoms with Crippen molar-refractivity contribution in [1.29, 1.82) is 0 Å². The molecule has 0 bridgehead atoms. The van der Waals surface area contributed by atoms with Crippen molar-refractivity contribution >= 4 is 11.6 Å². The van der Waals surface area contributed by atoms with Crippen molar-refractivity contribution in [2.24, 2.45) is 0 Å². The lowest BCUT2D eigenvalue weighted by Crippen LogP contribution is -2.27. The Bertz CT molecular complexity index is 413. The van der Waals surface area contributed by atoms with Crippen LogP contribution in [0.4, 0.5) is 0 Å². The Morgan fingerprint density at radius 1 is 1.22 bits per heavy atom. The minimum Gasteiger partial charge on any atom is -0.489 e. The van der Waals surface area contributed by atoms with Crippen LogP contribution in [0.3, 0.4) is 0 Å². The Kier molecular flexibility index (Phi) is 3.49. The van der Waals surface area contributed by atoms with E-state index in [0.717, 1.165) is 12.2 Å². The molecule has 18 heavy (non-hydrogen) atoms. The summed E-state index contributed by atoms with van der Waals surface area (Å²) in [6, 6.07) is 7.61. The van der Waals surface area contributed by atoms with Gasteiger partial charge in [-0.3, -0.25) is 0 Å². The van der Waals surface area contributed by atoms with Crippen molar-refractivity contribution < 1.29 is 9.47 Å². The molecule has 1 unspecified atom stereocenters. The summed E-state index contributed by atoms with van der Waals surface area (Å²) in [5.74, 6) is 0.759. The molecule has 1 spiro atoms. The highest BCUT2D eigenvalue weighted by Gasteiger charge is 2.42. The van der Waals surface area contributed by atoms with E-state index in [1.807, 2.05) is 24.3 Å². The average molecular weight is 267 g/mol. The van der Waals surface area contributed by atoms with Crippen LogP contribution in [0.2, 0.25) is 5.02 Å². The predicted octanol–water partition coefficient (Wildman–Crippen LogP) is 4.21. The number of ether oxygens (including phenoxy) is 2. The van der Waals surface area contributed by atoms with Gasteiger partial charge in [0, 0.05) is 0 Å². The number of hydrogen-bond acceptors (Lipinski definition) is 2. The topological polar surface area (TPSA) is 18.5 Å². The molecule has 1 saturated carbocycles. The van der Waals surface area contributed by atoms with Gasteiger partial charge < -0.3 is 9.47 Å². The van der Waals surface area contributed by atoms with E-state index in [-0.39, 0.29) is 11.7 Å². The summed E-state index contributed by atoms with van der Waals surface area (Å²) in [4.78, 5) is 0. The Balaban J connectivity index is 1.54. The highest BCUT2D eigenvalue weighted by molar-refractivity contribution is 6.32. The van der Waals surface area contributed by atoms with Gasteiger partial charge in [0.15, 0.2) is 0 Å². The normalized spacial score (nSPS) is 25.7. The lowest BCUT2D eigenvalue weighted by atomic mass is 9.98. The summed E-state index contributed by atoms with van der Waals surface area (Å²) in [7, 11) is 0. The van der Waals surface area contributed by atoms with Crippen LogP contribution in [0.25, 0.3) is 0 Å². The zero-order valence-corrected chi connectivity index (χ0v) is 11.3. The first-order valence-electron chi connectivity index (χ1n) is 6.83. The van der Waals surface area contributed by atoms with Gasteiger partial charge in [-0.15, -0.1) is 0 Å². The number of benzene rings is 1. The van der Waals surface area contributed by atoms with E-state index in [4.69, 9.17) is 21.1 Å². The SMILES string of the molecule is Clc1ccccc1OCC1CCC2(CCCC2)O1. The first kappa shape index (κ1) is 12.3. The molecule has 2 aliphatic rings. The molecule has 1 heterocycles. The van der Waals surface area contributed by atoms with Crippen LogP contribution >= 0.6 is 11.6 Å². The van der Waals surface area contributed by atoms with Gasteiger partial charge in [0.05, 0.1) is 16.7 Å². The molecule has 3 rings (SSSR count). The summed E-state index contributed by atoms with van der Waals surface area (Å²) < 4.78 is 12.0. The maximum atomic E-state index is 6.20. The van der Waals surface area contributed by atoms with E-state index in [1.165, 1.54) is 32.1 Å². The fraction of sp³-hybridized carbons (Fsp3) is 0.600. The lowest BCUT2D eigenvalue weighted by Gasteiger charge is -2.23. The van der Waals surface area contributed by atoms with Crippen molar-refractivity contribution in [2.45, 2.75) is 50.2 Å². The summed E-state index contributed by atoms with van der Waals surface area (Å²) in [5, 5.41) is 0.672.